The molecule has 0 aromatic heterocycles. The van der Waals surface area contributed by atoms with Gasteiger partial charge in [-0.3, -0.25) is 4.79 Å². The fourth-order valence-corrected chi connectivity index (χ4v) is 3.31. The van der Waals surface area contributed by atoms with Crippen LogP contribution in [0.5, 0.6) is 11.5 Å². The SMILES string of the molecule is COc1cc(CNc2ccc(C(N)=O)cc2)cc(Br)c1OCc1ccccc1. The second-order valence-corrected chi connectivity index (χ2v) is 7.03. The third-order valence-electron chi connectivity index (χ3n) is 4.18. The zero-order chi connectivity index (χ0) is 19.9. The molecule has 5 nitrogen and oxygen atoms in total. The first-order valence-electron chi connectivity index (χ1n) is 8.73. The lowest BCUT2D eigenvalue weighted by molar-refractivity contribution is 0.100. The fraction of sp³-hybridized carbons (Fsp3) is 0.136. The summed E-state index contributed by atoms with van der Waals surface area (Å²) in [5.41, 5.74) is 8.75. The first kappa shape index (κ1) is 19.8. The van der Waals surface area contributed by atoms with Gasteiger partial charge in [-0.2, -0.15) is 0 Å². The molecule has 1 amide bonds. The van der Waals surface area contributed by atoms with Crippen molar-refractivity contribution in [3.63, 3.8) is 0 Å². The van der Waals surface area contributed by atoms with Gasteiger partial charge in [-0.1, -0.05) is 30.3 Å². The van der Waals surface area contributed by atoms with Crippen LogP contribution in [-0.2, 0) is 13.2 Å². The quantitative estimate of drug-likeness (QED) is 0.529. The first-order chi connectivity index (χ1) is 13.6. The van der Waals surface area contributed by atoms with Crippen molar-refractivity contribution in [2.24, 2.45) is 5.73 Å². The minimum Gasteiger partial charge on any atom is -0.493 e. The molecular weight excluding hydrogens is 420 g/mol. The standard InChI is InChI=1S/C22H21BrN2O3/c1-27-20-12-16(13-25-18-9-7-17(8-10-18)22(24)26)11-19(23)21(20)28-14-15-5-3-2-4-6-15/h2-12,25H,13-14H2,1H3,(H2,24,26). The Morgan fingerprint density at radius 2 is 1.75 bits per heavy atom. The predicted octanol–water partition coefficient (Wildman–Crippen LogP) is 4.75. The summed E-state index contributed by atoms with van der Waals surface area (Å²) >= 11 is 3.58. The van der Waals surface area contributed by atoms with E-state index in [4.69, 9.17) is 15.2 Å². The summed E-state index contributed by atoms with van der Waals surface area (Å²) < 4.78 is 12.3. The number of ether oxygens (including phenoxy) is 2. The summed E-state index contributed by atoms with van der Waals surface area (Å²) in [6, 6.07) is 20.9. The maximum atomic E-state index is 11.1. The van der Waals surface area contributed by atoms with Gasteiger partial charge in [-0.25, -0.2) is 0 Å². The Balaban J connectivity index is 1.69. The first-order valence-corrected chi connectivity index (χ1v) is 9.53. The van der Waals surface area contributed by atoms with Crippen molar-refractivity contribution in [1.29, 1.82) is 0 Å². The molecule has 28 heavy (non-hydrogen) atoms. The normalized spacial score (nSPS) is 10.4. The molecule has 0 radical (unpaired) electrons. The molecule has 144 valence electrons. The summed E-state index contributed by atoms with van der Waals surface area (Å²) in [5, 5.41) is 3.31. The van der Waals surface area contributed by atoms with Gasteiger partial charge in [0.2, 0.25) is 5.91 Å². The predicted molar refractivity (Wildman–Crippen MR) is 114 cm³/mol. The smallest absolute Gasteiger partial charge is 0.248 e. The number of anilines is 1. The van der Waals surface area contributed by atoms with E-state index in [1.54, 1.807) is 19.2 Å². The summed E-state index contributed by atoms with van der Waals surface area (Å²) in [6.45, 7) is 1.05. The van der Waals surface area contributed by atoms with Gasteiger partial charge in [-0.15, -0.1) is 0 Å². The molecule has 0 bridgehead atoms. The van der Waals surface area contributed by atoms with Crippen LogP contribution in [-0.4, -0.2) is 13.0 Å². The molecule has 3 N–H and O–H groups in total. The molecule has 0 saturated carbocycles. The minimum absolute atomic E-state index is 0.439. The van der Waals surface area contributed by atoms with E-state index in [1.807, 2.05) is 54.6 Å². The average molecular weight is 441 g/mol. The van der Waals surface area contributed by atoms with Gasteiger partial charge in [0, 0.05) is 17.8 Å². The lowest BCUT2D eigenvalue weighted by Crippen LogP contribution is -2.10. The molecule has 3 aromatic rings. The van der Waals surface area contributed by atoms with Crippen LogP contribution in [0, 0.1) is 0 Å². The van der Waals surface area contributed by atoms with Crippen molar-refractivity contribution < 1.29 is 14.3 Å². The number of benzene rings is 3. The number of carbonyl (C=O) groups is 1. The van der Waals surface area contributed by atoms with Crippen molar-refractivity contribution >= 4 is 27.5 Å². The molecule has 0 heterocycles. The Morgan fingerprint density at radius 3 is 2.39 bits per heavy atom. The molecule has 0 aliphatic heterocycles. The van der Waals surface area contributed by atoms with Gasteiger partial charge in [-0.05, 0) is 63.5 Å². The zero-order valence-electron chi connectivity index (χ0n) is 15.4. The van der Waals surface area contributed by atoms with E-state index in [-0.39, 0.29) is 0 Å². The second kappa shape index (κ2) is 9.28. The molecule has 3 rings (SSSR count). The van der Waals surface area contributed by atoms with Gasteiger partial charge >= 0.3 is 0 Å². The van der Waals surface area contributed by atoms with Crippen molar-refractivity contribution in [2.75, 3.05) is 12.4 Å². The Bertz CT molecular complexity index is 944. The van der Waals surface area contributed by atoms with Crippen LogP contribution in [0.25, 0.3) is 0 Å². The van der Waals surface area contributed by atoms with Crippen LogP contribution in [0.4, 0.5) is 5.69 Å². The van der Waals surface area contributed by atoms with Crippen LogP contribution in [0.3, 0.4) is 0 Å². The molecular formula is C22H21BrN2O3. The molecule has 0 spiro atoms. The minimum atomic E-state index is -0.439. The summed E-state index contributed by atoms with van der Waals surface area (Å²) in [5.74, 6) is 0.887. The maximum Gasteiger partial charge on any atom is 0.248 e. The van der Waals surface area contributed by atoms with Crippen LogP contribution in [0.15, 0.2) is 71.2 Å². The van der Waals surface area contributed by atoms with Crippen LogP contribution in [0.2, 0.25) is 0 Å². The lowest BCUT2D eigenvalue weighted by Gasteiger charge is -2.15. The number of amides is 1. The number of primary amides is 1. The number of rotatable bonds is 8. The molecule has 0 fully saturated rings. The highest BCUT2D eigenvalue weighted by atomic mass is 79.9. The lowest BCUT2D eigenvalue weighted by atomic mass is 10.1. The number of methoxy groups -OCH3 is 1. The Hall–Kier alpha value is -2.99. The largest absolute Gasteiger partial charge is 0.493 e. The van der Waals surface area contributed by atoms with E-state index in [9.17, 15) is 4.79 Å². The molecule has 0 atom stereocenters. The number of carbonyl (C=O) groups excluding carboxylic acids is 1. The van der Waals surface area contributed by atoms with Gasteiger partial charge < -0.3 is 20.5 Å². The van der Waals surface area contributed by atoms with E-state index >= 15 is 0 Å². The Labute approximate surface area is 172 Å². The number of nitrogens with one attached hydrogen (secondary N) is 1. The molecule has 0 unspecified atom stereocenters. The van der Waals surface area contributed by atoms with E-state index in [0.717, 1.165) is 21.3 Å². The third kappa shape index (κ3) is 5.04. The zero-order valence-corrected chi connectivity index (χ0v) is 17.0. The Morgan fingerprint density at radius 1 is 1.04 bits per heavy atom. The maximum absolute atomic E-state index is 11.1. The van der Waals surface area contributed by atoms with Crippen LogP contribution in [0.1, 0.15) is 21.5 Å². The highest BCUT2D eigenvalue weighted by Gasteiger charge is 2.12. The molecule has 0 aliphatic carbocycles. The number of nitrogens with two attached hydrogens (primary N) is 1. The fourth-order valence-electron chi connectivity index (χ4n) is 2.70. The number of halogens is 1. The summed E-state index contributed by atoms with van der Waals surface area (Å²) in [7, 11) is 1.62. The number of hydrogen-bond donors (Lipinski definition) is 2. The average Bonchev–Trinajstić information content (AvgIpc) is 2.72. The van der Waals surface area contributed by atoms with E-state index in [1.165, 1.54) is 0 Å². The highest BCUT2D eigenvalue weighted by Crippen LogP contribution is 2.37. The van der Waals surface area contributed by atoms with Crippen LogP contribution >= 0.6 is 15.9 Å². The molecule has 6 heteroatoms. The topological polar surface area (TPSA) is 73.6 Å². The van der Waals surface area contributed by atoms with Gasteiger partial charge in [0.25, 0.3) is 0 Å². The molecule has 3 aromatic carbocycles. The van der Waals surface area contributed by atoms with Gasteiger partial charge in [0.1, 0.15) is 6.61 Å². The number of hydrogen-bond acceptors (Lipinski definition) is 4. The van der Waals surface area contributed by atoms with E-state index < -0.39 is 5.91 Å². The van der Waals surface area contributed by atoms with Gasteiger partial charge in [0.15, 0.2) is 11.5 Å². The second-order valence-electron chi connectivity index (χ2n) is 6.18. The summed E-state index contributed by atoms with van der Waals surface area (Å²) in [4.78, 5) is 11.1. The van der Waals surface area contributed by atoms with Crippen molar-refractivity contribution in [3.05, 3.63) is 87.9 Å². The van der Waals surface area contributed by atoms with E-state index in [2.05, 4.69) is 21.2 Å². The van der Waals surface area contributed by atoms with Crippen molar-refractivity contribution in [2.45, 2.75) is 13.2 Å². The third-order valence-corrected chi connectivity index (χ3v) is 4.77. The van der Waals surface area contributed by atoms with E-state index in [0.29, 0.717) is 30.2 Å². The van der Waals surface area contributed by atoms with Gasteiger partial charge in [0.05, 0.1) is 11.6 Å². The van der Waals surface area contributed by atoms with Crippen molar-refractivity contribution in [1.82, 2.24) is 0 Å². The molecule has 0 saturated heterocycles. The summed E-state index contributed by atoms with van der Waals surface area (Å²) in [6.07, 6.45) is 0. The van der Waals surface area contributed by atoms with Crippen LogP contribution < -0.4 is 20.5 Å². The highest BCUT2D eigenvalue weighted by molar-refractivity contribution is 9.10. The monoisotopic (exact) mass is 440 g/mol. The molecule has 0 aliphatic rings. The van der Waals surface area contributed by atoms with Crippen molar-refractivity contribution in [3.8, 4) is 11.5 Å². The Kier molecular flexibility index (Phi) is 6.55.